The van der Waals surface area contributed by atoms with Crippen LogP contribution in [0.1, 0.15) is 18.7 Å². The lowest BCUT2D eigenvalue weighted by atomic mass is 9.99. The van der Waals surface area contributed by atoms with E-state index in [4.69, 9.17) is 5.73 Å². The summed E-state index contributed by atoms with van der Waals surface area (Å²) in [7, 11) is 0. The summed E-state index contributed by atoms with van der Waals surface area (Å²) in [4.78, 5) is 6.73. The van der Waals surface area contributed by atoms with Gasteiger partial charge >= 0.3 is 0 Å². The van der Waals surface area contributed by atoms with Crippen molar-refractivity contribution in [2.24, 2.45) is 11.7 Å². The van der Waals surface area contributed by atoms with Crippen LogP contribution in [0.5, 0.6) is 0 Å². The van der Waals surface area contributed by atoms with Crippen molar-refractivity contribution in [3.05, 3.63) is 5.82 Å². The molecule has 3 N–H and O–H groups in total. The van der Waals surface area contributed by atoms with Gasteiger partial charge in [0.2, 0.25) is 5.95 Å². The van der Waals surface area contributed by atoms with E-state index in [0.717, 1.165) is 37.2 Å². The first kappa shape index (κ1) is 11.7. The van der Waals surface area contributed by atoms with Crippen molar-refractivity contribution in [3.63, 3.8) is 0 Å². The highest BCUT2D eigenvalue weighted by atomic mass is 32.2. The lowest BCUT2D eigenvalue weighted by Gasteiger charge is -2.31. The van der Waals surface area contributed by atoms with E-state index in [2.05, 4.69) is 26.3 Å². The van der Waals surface area contributed by atoms with E-state index in [1.165, 1.54) is 12.8 Å². The summed E-state index contributed by atoms with van der Waals surface area (Å²) in [6.45, 7) is 2.80. The highest BCUT2D eigenvalue weighted by Crippen LogP contribution is 2.19. The second-order valence-electron chi connectivity index (χ2n) is 4.21. The van der Waals surface area contributed by atoms with Gasteiger partial charge in [0.05, 0.1) is 5.75 Å². The van der Waals surface area contributed by atoms with Gasteiger partial charge in [-0.15, -0.1) is 5.10 Å². The monoisotopic (exact) mass is 241 g/mol. The molecule has 0 aliphatic carbocycles. The first-order chi connectivity index (χ1) is 7.83. The Bertz CT molecular complexity index is 327. The van der Waals surface area contributed by atoms with Gasteiger partial charge < -0.3 is 10.6 Å². The second kappa shape index (κ2) is 5.54. The quantitative estimate of drug-likeness (QED) is 0.817. The Morgan fingerprint density at radius 1 is 1.62 bits per heavy atom. The molecule has 1 aliphatic rings. The summed E-state index contributed by atoms with van der Waals surface area (Å²) in [6, 6.07) is 0. The van der Waals surface area contributed by atoms with E-state index < -0.39 is 0 Å². The predicted molar refractivity (Wildman–Crippen MR) is 67.6 cm³/mol. The van der Waals surface area contributed by atoms with Crippen LogP contribution in [0.15, 0.2) is 0 Å². The molecule has 1 saturated heterocycles. The summed E-state index contributed by atoms with van der Waals surface area (Å²) in [5.41, 5.74) is 5.72. The molecule has 1 aromatic heterocycles. The van der Waals surface area contributed by atoms with Crippen LogP contribution in [-0.4, -0.2) is 41.1 Å². The Kier molecular flexibility index (Phi) is 4.06. The Morgan fingerprint density at radius 2 is 2.50 bits per heavy atom. The number of rotatable bonds is 4. The SMILES string of the molecule is CSCc1nc(N2CCCC(CN)C2)n[nH]1. The molecule has 16 heavy (non-hydrogen) atoms. The number of nitrogens with zero attached hydrogens (tertiary/aromatic N) is 3. The molecular weight excluding hydrogens is 222 g/mol. The van der Waals surface area contributed by atoms with E-state index in [1.807, 2.05) is 0 Å². The maximum atomic E-state index is 5.72. The molecule has 0 radical (unpaired) electrons. The summed E-state index contributed by atoms with van der Waals surface area (Å²) in [6.07, 6.45) is 4.48. The van der Waals surface area contributed by atoms with E-state index in [9.17, 15) is 0 Å². The minimum absolute atomic E-state index is 0.594. The molecule has 0 aromatic carbocycles. The Labute approximate surface area is 100 Å². The predicted octanol–water partition coefficient (Wildman–Crippen LogP) is 0.843. The first-order valence-electron chi connectivity index (χ1n) is 5.68. The fourth-order valence-electron chi connectivity index (χ4n) is 2.07. The van der Waals surface area contributed by atoms with Crippen LogP contribution in [0, 0.1) is 5.92 Å². The Balaban J connectivity index is 1.99. The molecule has 90 valence electrons. The fraction of sp³-hybridized carbons (Fsp3) is 0.800. The van der Waals surface area contributed by atoms with Crippen LogP contribution >= 0.6 is 11.8 Å². The van der Waals surface area contributed by atoms with Crippen molar-refractivity contribution in [2.75, 3.05) is 30.8 Å². The molecular formula is C10H19N5S. The van der Waals surface area contributed by atoms with Crippen LogP contribution in [0.4, 0.5) is 5.95 Å². The van der Waals surface area contributed by atoms with Crippen LogP contribution in [0.3, 0.4) is 0 Å². The standard InChI is InChI=1S/C10H19N5S/c1-16-7-9-12-10(14-13-9)15-4-2-3-8(5-11)6-15/h8H,2-7,11H2,1H3,(H,12,13,14). The fourth-order valence-corrected chi connectivity index (χ4v) is 2.47. The topological polar surface area (TPSA) is 70.8 Å². The smallest absolute Gasteiger partial charge is 0.244 e. The number of hydrogen-bond acceptors (Lipinski definition) is 5. The zero-order valence-corrected chi connectivity index (χ0v) is 10.5. The van der Waals surface area contributed by atoms with Gasteiger partial charge in [0.1, 0.15) is 5.82 Å². The average Bonchev–Trinajstić information content (AvgIpc) is 2.78. The molecule has 0 spiro atoms. The van der Waals surface area contributed by atoms with Gasteiger partial charge in [0.25, 0.3) is 0 Å². The highest BCUT2D eigenvalue weighted by Gasteiger charge is 2.21. The van der Waals surface area contributed by atoms with E-state index in [0.29, 0.717) is 5.92 Å². The largest absolute Gasteiger partial charge is 0.339 e. The van der Waals surface area contributed by atoms with Crippen LogP contribution in [0.2, 0.25) is 0 Å². The van der Waals surface area contributed by atoms with Crippen molar-refractivity contribution < 1.29 is 0 Å². The van der Waals surface area contributed by atoms with E-state index in [1.54, 1.807) is 11.8 Å². The molecule has 2 heterocycles. The second-order valence-corrected chi connectivity index (χ2v) is 5.07. The van der Waals surface area contributed by atoms with Crippen molar-refractivity contribution in [2.45, 2.75) is 18.6 Å². The zero-order chi connectivity index (χ0) is 11.4. The van der Waals surface area contributed by atoms with Crippen molar-refractivity contribution in [1.29, 1.82) is 0 Å². The number of piperidine rings is 1. The van der Waals surface area contributed by atoms with E-state index in [-0.39, 0.29) is 0 Å². The number of anilines is 1. The summed E-state index contributed by atoms with van der Waals surface area (Å²) < 4.78 is 0. The summed E-state index contributed by atoms with van der Waals surface area (Å²) in [5, 5.41) is 7.24. The number of thioether (sulfide) groups is 1. The molecule has 1 atom stereocenters. The summed E-state index contributed by atoms with van der Waals surface area (Å²) in [5.74, 6) is 3.28. The number of hydrogen-bond donors (Lipinski definition) is 2. The zero-order valence-electron chi connectivity index (χ0n) is 9.65. The lowest BCUT2D eigenvalue weighted by molar-refractivity contribution is 0.420. The van der Waals surface area contributed by atoms with Crippen LogP contribution < -0.4 is 10.6 Å². The minimum atomic E-state index is 0.594. The maximum Gasteiger partial charge on any atom is 0.244 e. The number of nitrogens with two attached hydrogens (primary N) is 1. The molecule has 1 aliphatic heterocycles. The number of aromatic nitrogens is 3. The molecule has 1 unspecified atom stereocenters. The van der Waals surface area contributed by atoms with Crippen molar-refractivity contribution in [1.82, 2.24) is 15.2 Å². The number of aromatic amines is 1. The molecule has 0 amide bonds. The van der Waals surface area contributed by atoms with Gasteiger partial charge in [-0.05, 0) is 31.6 Å². The van der Waals surface area contributed by atoms with Crippen LogP contribution in [0.25, 0.3) is 0 Å². The van der Waals surface area contributed by atoms with Gasteiger partial charge in [-0.3, -0.25) is 5.10 Å². The molecule has 2 rings (SSSR count). The van der Waals surface area contributed by atoms with Crippen molar-refractivity contribution in [3.8, 4) is 0 Å². The van der Waals surface area contributed by atoms with Crippen molar-refractivity contribution >= 4 is 17.7 Å². The van der Waals surface area contributed by atoms with Gasteiger partial charge in [-0.25, -0.2) is 0 Å². The van der Waals surface area contributed by atoms with Crippen LogP contribution in [-0.2, 0) is 5.75 Å². The lowest BCUT2D eigenvalue weighted by Crippen LogP contribution is -2.38. The van der Waals surface area contributed by atoms with Gasteiger partial charge in [-0.1, -0.05) is 0 Å². The van der Waals surface area contributed by atoms with Gasteiger partial charge in [0.15, 0.2) is 0 Å². The minimum Gasteiger partial charge on any atom is -0.339 e. The van der Waals surface area contributed by atoms with Gasteiger partial charge in [0, 0.05) is 13.1 Å². The summed E-state index contributed by atoms with van der Waals surface area (Å²) >= 11 is 1.75. The van der Waals surface area contributed by atoms with E-state index >= 15 is 0 Å². The normalized spacial score (nSPS) is 21.4. The van der Waals surface area contributed by atoms with Gasteiger partial charge in [-0.2, -0.15) is 16.7 Å². The first-order valence-corrected chi connectivity index (χ1v) is 7.08. The maximum absolute atomic E-state index is 5.72. The molecule has 1 aromatic rings. The number of nitrogens with one attached hydrogen (secondary N) is 1. The molecule has 1 fully saturated rings. The molecule has 0 bridgehead atoms. The Morgan fingerprint density at radius 3 is 3.25 bits per heavy atom. The third kappa shape index (κ3) is 2.68. The Hall–Kier alpha value is -0.750. The molecule has 6 heteroatoms. The average molecular weight is 241 g/mol. The third-order valence-electron chi connectivity index (χ3n) is 2.94. The third-order valence-corrected chi connectivity index (χ3v) is 3.50. The number of H-pyrrole nitrogens is 1. The molecule has 5 nitrogen and oxygen atoms in total. The highest BCUT2D eigenvalue weighted by molar-refractivity contribution is 7.97. The molecule has 0 saturated carbocycles.